The van der Waals surface area contributed by atoms with E-state index in [0.717, 1.165) is 29.9 Å². The Morgan fingerprint density at radius 1 is 0.424 bits per heavy atom. The predicted octanol–water partition coefficient (Wildman–Crippen LogP) is 13.8. The summed E-state index contributed by atoms with van der Waals surface area (Å²) >= 11 is 0. The first-order chi connectivity index (χ1) is 29.0. The molecule has 2 aliphatic rings. The zero-order chi connectivity index (χ0) is 39.5. The Kier molecular flexibility index (Phi) is 8.34. The first-order valence-corrected chi connectivity index (χ1v) is 20.8. The Hall–Kier alpha value is -7.16. The van der Waals surface area contributed by atoms with Crippen LogP contribution in [0.15, 0.2) is 194 Å². The first kappa shape index (κ1) is 35.0. The number of rotatable bonds is 7. The van der Waals surface area contributed by atoms with Crippen molar-refractivity contribution in [2.45, 2.75) is 32.1 Å². The molecule has 0 saturated carbocycles. The third-order valence-corrected chi connectivity index (χ3v) is 12.6. The zero-order valence-corrected chi connectivity index (χ0v) is 33.4. The van der Waals surface area contributed by atoms with Crippen molar-refractivity contribution < 1.29 is 0 Å². The fourth-order valence-corrected chi connectivity index (χ4v) is 9.67. The Balaban J connectivity index is 1.10. The Bertz CT molecular complexity index is 3100. The van der Waals surface area contributed by atoms with Gasteiger partial charge >= 0.3 is 0 Å². The van der Waals surface area contributed by atoms with Crippen LogP contribution in [0.5, 0.6) is 0 Å². The van der Waals surface area contributed by atoms with Gasteiger partial charge in [0.25, 0.3) is 0 Å². The summed E-state index contributed by atoms with van der Waals surface area (Å²) in [6, 6.07) is 71.5. The van der Waals surface area contributed by atoms with Crippen LogP contribution >= 0.6 is 0 Å². The Labute approximate surface area is 346 Å². The average Bonchev–Trinajstić information content (AvgIpc) is 3.75. The number of benzene rings is 8. The van der Waals surface area contributed by atoms with Gasteiger partial charge in [0, 0.05) is 44.1 Å². The molecule has 1 heterocycles. The number of hydrogen-bond donors (Lipinski definition) is 0. The first-order valence-electron chi connectivity index (χ1n) is 20.8. The van der Waals surface area contributed by atoms with Crippen molar-refractivity contribution in [1.29, 1.82) is 0 Å². The van der Waals surface area contributed by atoms with Gasteiger partial charge in [0.05, 0.1) is 5.52 Å². The molecule has 0 aliphatic heterocycles. The molecule has 0 saturated heterocycles. The Morgan fingerprint density at radius 2 is 1.00 bits per heavy atom. The van der Waals surface area contributed by atoms with E-state index in [2.05, 4.69) is 230 Å². The van der Waals surface area contributed by atoms with Crippen molar-refractivity contribution in [3.63, 3.8) is 0 Å². The maximum absolute atomic E-state index is 2.45. The maximum atomic E-state index is 2.45. The van der Waals surface area contributed by atoms with Crippen LogP contribution in [0.2, 0.25) is 0 Å². The third-order valence-electron chi connectivity index (χ3n) is 12.6. The van der Waals surface area contributed by atoms with E-state index in [1.807, 2.05) is 0 Å². The van der Waals surface area contributed by atoms with Crippen LogP contribution in [-0.2, 0) is 5.41 Å². The molecule has 59 heavy (non-hydrogen) atoms. The molecule has 282 valence electrons. The minimum atomic E-state index is -0.0140. The normalized spacial score (nSPS) is 13.5. The molecule has 0 N–H and O–H groups in total. The largest absolute Gasteiger partial charge is 0.310 e. The summed E-state index contributed by atoms with van der Waals surface area (Å²) in [4.78, 5) is 2.45. The fourth-order valence-electron chi connectivity index (χ4n) is 9.67. The highest BCUT2D eigenvalue weighted by Crippen LogP contribution is 2.50. The summed E-state index contributed by atoms with van der Waals surface area (Å²) in [6.45, 7) is 4.69. The number of aromatic nitrogens is 1. The van der Waals surface area contributed by atoms with E-state index in [1.165, 1.54) is 82.8 Å². The van der Waals surface area contributed by atoms with Crippen molar-refractivity contribution in [3.05, 3.63) is 216 Å². The van der Waals surface area contributed by atoms with Gasteiger partial charge in [0.15, 0.2) is 0 Å². The van der Waals surface area contributed by atoms with Gasteiger partial charge < -0.3 is 9.47 Å². The fraction of sp³-hybridized carbons (Fsp3) is 0.0877. The van der Waals surface area contributed by atoms with Gasteiger partial charge in [-0.1, -0.05) is 153 Å². The molecule has 9 aromatic rings. The van der Waals surface area contributed by atoms with Crippen LogP contribution in [0.4, 0.5) is 17.1 Å². The quantitative estimate of drug-likeness (QED) is 0.157. The van der Waals surface area contributed by atoms with Gasteiger partial charge in [-0.3, -0.25) is 0 Å². The average molecular weight is 757 g/mol. The second-order valence-electron chi connectivity index (χ2n) is 16.5. The van der Waals surface area contributed by atoms with Crippen molar-refractivity contribution in [3.8, 4) is 50.2 Å². The standard InChI is InChI=1S/C57H44N2/c1-57(2)53-24-14-12-22-49(53)51-37-42(28-32-54(51)57)41-26-29-46(30-27-41)58(48-35-43(39-16-6-3-7-17-39)34-44(36-48)40-18-8-4-9-19-40)47-31-33-56-52(38-47)50-23-13-15-25-55(50)59(56)45-20-10-5-11-21-45/h3-12,14,16-38H,13,15H2,1-2H3. The highest BCUT2D eigenvalue weighted by molar-refractivity contribution is 5.92. The monoisotopic (exact) mass is 756 g/mol. The van der Waals surface area contributed by atoms with Gasteiger partial charge in [-0.25, -0.2) is 0 Å². The summed E-state index contributed by atoms with van der Waals surface area (Å²) in [7, 11) is 0. The summed E-state index contributed by atoms with van der Waals surface area (Å²) in [5.74, 6) is 0. The van der Waals surface area contributed by atoms with E-state index in [4.69, 9.17) is 0 Å². The van der Waals surface area contributed by atoms with Crippen LogP contribution in [0.3, 0.4) is 0 Å². The van der Waals surface area contributed by atoms with E-state index in [9.17, 15) is 0 Å². The van der Waals surface area contributed by atoms with E-state index in [1.54, 1.807) is 0 Å². The highest BCUT2D eigenvalue weighted by Gasteiger charge is 2.35. The minimum absolute atomic E-state index is 0.0140. The summed E-state index contributed by atoms with van der Waals surface area (Å²) in [5.41, 5.74) is 18.4. The van der Waals surface area contributed by atoms with Crippen LogP contribution in [-0.4, -0.2) is 4.57 Å². The van der Waals surface area contributed by atoms with Crippen LogP contribution < -0.4 is 15.5 Å². The SMILES string of the molecule is CC1(C)c2ccccc2-c2cc(-c3ccc(N(c4cc(-c5ccccc5)cc(-c5ccccc5)c4)c4ccc5c(c4)c4c(n5-c5ccccc5)=CCCC=4)cc3)ccc21. The molecule has 8 aromatic carbocycles. The van der Waals surface area contributed by atoms with Crippen molar-refractivity contribution >= 4 is 40.1 Å². The summed E-state index contributed by atoms with van der Waals surface area (Å²) < 4.78 is 2.43. The van der Waals surface area contributed by atoms with E-state index in [-0.39, 0.29) is 5.41 Å². The van der Waals surface area contributed by atoms with Crippen molar-refractivity contribution in [2.75, 3.05) is 4.90 Å². The molecule has 0 unspecified atom stereocenters. The molecule has 2 heteroatoms. The topological polar surface area (TPSA) is 8.17 Å². The molecule has 0 radical (unpaired) electrons. The number of nitrogens with zero attached hydrogens (tertiary/aromatic N) is 2. The molecule has 0 spiro atoms. The van der Waals surface area contributed by atoms with Gasteiger partial charge in [-0.2, -0.15) is 0 Å². The lowest BCUT2D eigenvalue weighted by atomic mass is 9.82. The lowest BCUT2D eigenvalue weighted by Crippen LogP contribution is -2.30. The maximum Gasteiger partial charge on any atom is 0.0542 e. The van der Waals surface area contributed by atoms with Crippen LogP contribution in [0, 0.1) is 0 Å². The number of anilines is 3. The molecular formula is C57H44N2. The molecule has 1 aromatic heterocycles. The second-order valence-corrected chi connectivity index (χ2v) is 16.5. The van der Waals surface area contributed by atoms with Gasteiger partial charge in [0.2, 0.25) is 0 Å². The predicted molar refractivity (Wildman–Crippen MR) is 249 cm³/mol. The molecular weight excluding hydrogens is 713 g/mol. The lowest BCUT2D eigenvalue weighted by molar-refractivity contribution is 0.660. The molecule has 0 fully saturated rings. The second kappa shape index (κ2) is 14.0. The van der Waals surface area contributed by atoms with Gasteiger partial charge in [0.1, 0.15) is 0 Å². The molecule has 11 rings (SSSR count). The van der Waals surface area contributed by atoms with Gasteiger partial charge in [-0.05, 0) is 135 Å². The van der Waals surface area contributed by atoms with Gasteiger partial charge in [-0.15, -0.1) is 0 Å². The summed E-state index contributed by atoms with van der Waals surface area (Å²) in [5, 5.41) is 3.86. The highest BCUT2D eigenvalue weighted by atomic mass is 15.1. The number of fused-ring (bicyclic) bond motifs is 6. The van der Waals surface area contributed by atoms with E-state index < -0.39 is 0 Å². The molecule has 2 aliphatic carbocycles. The third kappa shape index (κ3) is 5.94. The van der Waals surface area contributed by atoms with E-state index >= 15 is 0 Å². The molecule has 0 amide bonds. The summed E-state index contributed by atoms with van der Waals surface area (Å²) in [6.07, 6.45) is 6.93. The van der Waals surface area contributed by atoms with Crippen molar-refractivity contribution in [1.82, 2.24) is 4.57 Å². The minimum Gasteiger partial charge on any atom is -0.310 e. The van der Waals surface area contributed by atoms with Crippen LogP contribution in [0.1, 0.15) is 37.8 Å². The van der Waals surface area contributed by atoms with Crippen LogP contribution in [0.25, 0.3) is 73.2 Å². The molecule has 0 atom stereocenters. The zero-order valence-electron chi connectivity index (χ0n) is 33.4. The number of para-hydroxylation sites is 1. The smallest absolute Gasteiger partial charge is 0.0542 e. The lowest BCUT2D eigenvalue weighted by Gasteiger charge is -2.27. The molecule has 0 bridgehead atoms. The van der Waals surface area contributed by atoms with Crippen molar-refractivity contribution in [2.24, 2.45) is 0 Å². The van der Waals surface area contributed by atoms with E-state index in [0.29, 0.717) is 0 Å². The molecule has 2 nitrogen and oxygen atoms in total. The Morgan fingerprint density at radius 3 is 1.71 bits per heavy atom. The number of hydrogen-bond acceptors (Lipinski definition) is 1.